The van der Waals surface area contributed by atoms with Gasteiger partial charge < -0.3 is 59.8 Å². The van der Waals surface area contributed by atoms with Crippen LogP contribution < -0.4 is 0 Å². The second-order valence-electron chi connectivity index (χ2n) is 11.1. The average Bonchev–Trinajstić information content (AvgIpc) is 3.09. The quantitative estimate of drug-likeness (QED) is 0.160. The molecule has 3 fully saturated rings. The van der Waals surface area contributed by atoms with Crippen molar-refractivity contribution in [3.05, 3.63) is 12.2 Å². The molecule has 0 bridgehead atoms. The molecule has 12 unspecified atom stereocenters. The monoisotopic (exact) mass is 522 g/mol. The summed E-state index contributed by atoms with van der Waals surface area (Å²) in [6, 6.07) is 0. The Bertz CT molecular complexity index is 761. The summed E-state index contributed by atoms with van der Waals surface area (Å²) in [5.41, 5.74) is -3.75. The van der Waals surface area contributed by atoms with Crippen LogP contribution in [0.4, 0.5) is 0 Å². The lowest BCUT2D eigenvalue weighted by Crippen LogP contribution is -2.61. The first-order valence-electron chi connectivity index (χ1n) is 12.3. The number of aliphatic hydroxyl groups excluding tert-OH is 6. The third-order valence-corrected chi connectivity index (χ3v) is 7.82. The maximum Gasteiger partial charge on any atom is 0.186 e. The maximum absolute atomic E-state index is 11.4. The van der Waals surface area contributed by atoms with Crippen molar-refractivity contribution in [3.8, 4) is 0 Å². The number of ether oxygens (including phenoxy) is 4. The van der Waals surface area contributed by atoms with Crippen LogP contribution in [0.25, 0.3) is 0 Å². The molecule has 2 aliphatic heterocycles. The Morgan fingerprint density at radius 2 is 1.72 bits per heavy atom. The van der Waals surface area contributed by atoms with Gasteiger partial charge in [0, 0.05) is 0 Å². The van der Waals surface area contributed by atoms with Crippen molar-refractivity contribution in [2.45, 2.75) is 107 Å². The van der Waals surface area contributed by atoms with Gasteiger partial charge in [-0.3, -0.25) is 0 Å². The van der Waals surface area contributed by atoms with E-state index in [2.05, 4.69) is 0 Å². The lowest BCUT2D eigenvalue weighted by Gasteiger charge is -2.52. The summed E-state index contributed by atoms with van der Waals surface area (Å²) < 4.78 is 22.4. The Hall–Kier alpha value is -0.740. The smallest absolute Gasteiger partial charge is 0.186 e. The molecule has 2 saturated heterocycles. The molecule has 2 heterocycles. The molecular weight excluding hydrogens is 480 g/mol. The fourth-order valence-electron chi connectivity index (χ4n) is 5.32. The standard InChI is InChI=1S/C24H42O12/c1-12-7-14(8-22(3,4)24(12,32)6-5-13(2)26)35-20-18(29)17(28)16(27)15(36-20)9-33-21-19(30)23(31,10-25)11-34-21/h5-6,12-21,25-32H,7-11H2,1-4H3. The van der Waals surface area contributed by atoms with E-state index in [9.17, 15) is 40.9 Å². The van der Waals surface area contributed by atoms with Crippen molar-refractivity contribution in [1.82, 2.24) is 0 Å². The summed E-state index contributed by atoms with van der Waals surface area (Å²) in [6.07, 6.45) is -7.24. The molecule has 0 aromatic rings. The molecule has 12 nitrogen and oxygen atoms in total. The Balaban J connectivity index is 1.64. The molecule has 0 aromatic carbocycles. The number of hydrogen-bond acceptors (Lipinski definition) is 12. The number of hydrogen-bond donors (Lipinski definition) is 8. The SMILES string of the molecule is CC(O)C=CC1(O)C(C)CC(OC2OC(COC3OCC(O)(CO)C3O)C(O)C(O)C2O)CC1(C)C. The fraction of sp³-hybridized carbons (Fsp3) is 0.917. The molecule has 12 heteroatoms. The van der Waals surface area contributed by atoms with Gasteiger partial charge in [-0.15, -0.1) is 0 Å². The van der Waals surface area contributed by atoms with Crippen LogP contribution in [0.1, 0.15) is 40.5 Å². The first-order chi connectivity index (χ1) is 16.6. The van der Waals surface area contributed by atoms with Crippen molar-refractivity contribution in [3.63, 3.8) is 0 Å². The van der Waals surface area contributed by atoms with Crippen LogP contribution >= 0.6 is 0 Å². The molecule has 0 radical (unpaired) electrons. The first kappa shape index (κ1) is 29.8. The van der Waals surface area contributed by atoms with E-state index in [0.717, 1.165) is 0 Å². The van der Waals surface area contributed by atoms with E-state index in [-0.39, 0.29) is 19.1 Å². The largest absolute Gasteiger partial charge is 0.393 e. The minimum atomic E-state index is -1.88. The third-order valence-electron chi connectivity index (χ3n) is 7.82. The van der Waals surface area contributed by atoms with Gasteiger partial charge in [0.1, 0.15) is 36.1 Å². The third kappa shape index (κ3) is 5.80. The maximum atomic E-state index is 11.4. The fourth-order valence-corrected chi connectivity index (χ4v) is 5.32. The van der Waals surface area contributed by atoms with Crippen molar-refractivity contribution < 1.29 is 59.8 Å². The Morgan fingerprint density at radius 3 is 2.28 bits per heavy atom. The molecule has 0 aromatic heterocycles. The van der Waals surface area contributed by atoms with Gasteiger partial charge in [-0.25, -0.2) is 0 Å². The highest BCUT2D eigenvalue weighted by molar-refractivity contribution is 5.15. The zero-order valence-electron chi connectivity index (χ0n) is 21.2. The van der Waals surface area contributed by atoms with Gasteiger partial charge >= 0.3 is 0 Å². The highest BCUT2D eigenvalue weighted by Crippen LogP contribution is 2.49. The molecule has 0 spiro atoms. The normalized spacial score (nSPS) is 48.4. The summed E-state index contributed by atoms with van der Waals surface area (Å²) in [4.78, 5) is 0. The summed E-state index contributed by atoms with van der Waals surface area (Å²) in [6.45, 7) is 5.74. The molecule has 3 rings (SSSR count). The summed E-state index contributed by atoms with van der Waals surface area (Å²) >= 11 is 0. The summed E-state index contributed by atoms with van der Waals surface area (Å²) in [5.74, 6) is -0.275. The molecule has 210 valence electrons. The summed E-state index contributed by atoms with van der Waals surface area (Å²) in [5, 5.41) is 81.8. The second kappa shape index (κ2) is 11.2. The van der Waals surface area contributed by atoms with Gasteiger partial charge in [0.05, 0.1) is 37.6 Å². The van der Waals surface area contributed by atoms with Gasteiger partial charge in [-0.2, -0.15) is 0 Å². The van der Waals surface area contributed by atoms with E-state index >= 15 is 0 Å². The van der Waals surface area contributed by atoms with Crippen molar-refractivity contribution in [2.24, 2.45) is 11.3 Å². The lowest BCUT2D eigenvalue weighted by molar-refractivity contribution is -0.325. The van der Waals surface area contributed by atoms with E-state index in [0.29, 0.717) is 12.8 Å². The van der Waals surface area contributed by atoms with E-state index in [1.165, 1.54) is 0 Å². The van der Waals surface area contributed by atoms with Crippen molar-refractivity contribution in [1.29, 1.82) is 0 Å². The van der Waals surface area contributed by atoms with Gasteiger partial charge in [-0.1, -0.05) is 32.9 Å². The zero-order chi connectivity index (χ0) is 27.1. The molecule has 36 heavy (non-hydrogen) atoms. The Morgan fingerprint density at radius 1 is 1.06 bits per heavy atom. The predicted molar refractivity (Wildman–Crippen MR) is 123 cm³/mol. The van der Waals surface area contributed by atoms with Crippen molar-refractivity contribution in [2.75, 3.05) is 19.8 Å². The lowest BCUT2D eigenvalue weighted by atomic mass is 9.59. The minimum absolute atomic E-state index is 0.275. The van der Waals surface area contributed by atoms with Gasteiger partial charge in [-0.05, 0) is 31.1 Å². The van der Waals surface area contributed by atoms with Crippen LogP contribution in [0.15, 0.2) is 12.2 Å². The minimum Gasteiger partial charge on any atom is -0.393 e. The predicted octanol–water partition coefficient (Wildman–Crippen LogP) is -2.24. The van der Waals surface area contributed by atoms with E-state index in [1.807, 2.05) is 20.8 Å². The molecule has 0 amide bonds. The topological polar surface area (TPSA) is 199 Å². The molecule has 12 atom stereocenters. The zero-order valence-corrected chi connectivity index (χ0v) is 21.2. The van der Waals surface area contributed by atoms with Crippen LogP contribution in [-0.2, 0) is 18.9 Å². The van der Waals surface area contributed by atoms with Crippen LogP contribution in [0.5, 0.6) is 0 Å². The molecule has 3 aliphatic rings. The van der Waals surface area contributed by atoms with Crippen LogP contribution in [0, 0.1) is 11.3 Å². The molecule has 8 N–H and O–H groups in total. The van der Waals surface area contributed by atoms with Crippen LogP contribution in [-0.4, -0.2) is 127 Å². The average molecular weight is 523 g/mol. The first-order valence-corrected chi connectivity index (χ1v) is 12.3. The Labute approximate surface area is 210 Å². The van der Waals surface area contributed by atoms with Crippen LogP contribution in [0.2, 0.25) is 0 Å². The molecule has 1 saturated carbocycles. The second-order valence-corrected chi connectivity index (χ2v) is 11.1. The number of aliphatic hydroxyl groups is 8. The number of rotatable bonds is 8. The van der Waals surface area contributed by atoms with Gasteiger partial charge in [0.2, 0.25) is 0 Å². The molecule has 1 aliphatic carbocycles. The van der Waals surface area contributed by atoms with E-state index in [4.69, 9.17) is 18.9 Å². The van der Waals surface area contributed by atoms with Crippen LogP contribution in [0.3, 0.4) is 0 Å². The highest BCUT2D eigenvalue weighted by Gasteiger charge is 2.53. The van der Waals surface area contributed by atoms with Gasteiger partial charge in [0.25, 0.3) is 0 Å². The van der Waals surface area contributed by atoms with Crippen molar-refractivity contribution >= 4 is 0 Å². The van der Waals surface area contributed by atoms with E-state index < -0.39 is 78.5 Å². The highest BCUT2D eigenvalue weighted by atomic mass is 16.7. The van der Waals surface area contributed by atoms with E-state index in [1.54, 1.807) is 19.1 Å². The summed E-state index contributed by atoms with van der Waals surface area (Å²) in [7, 11) is 0. The Kier molecular flexibility index (Phi) is 9.25. The molecular formula is C24H42O12. The van der Waals surface area contributed by atoms with Gasteiger partial charge in [0.15, 0.2) is 12.6 Å².